The number of ether oxygens (including phenoxy) is 4. The van der Waals surface area contributed by atoms with Gasteiger partial charge in [-0.25, -0.2) is 0 Å². The van der Waals surface area contributed by atoms with E-state index < -0.39 is 0 Å². The van der Waals surface area contributed by atoms with E-state index >= 15 is 0 Å². The lowest BCUT2D eigenvalue weighted by molar-refractivity contribution is -0.210. The molecule has 0 spiro atoms. The highest BCUT2D eigenvalue weighted by atomic mass is 16.7. The van der Waals surface area contributed by atoms with Gasteiger partial charge in [0.2, 0.25) is 0 Å². The second-order valence-electron chi connectivity index (χ2n) is 16.7. The van der Waals surface area contributed by atoms with E-state index in [0.717, 1.165) is 69.6 Å². The van der Waals surface area contributed by atoms with Crippen LogP contribution in [0.2, 0.25) is 0 Å². The highest BCUT2D eigenvalue weighted by molar-refractivity contribution is 5.69. The molecule has 10 atom stereocenters. The van der Waals surface area contributed by atoms with E-state index in [1.165, 1.54) is 32.1 Å². The molecule has 0 aromatic rings. The quantitative estimate of drug-likeness (QED) is 0.231. The van der Waals surface area contributed by atoms with Crippen molar-refractivity contribution in [2.24, 2.45) is 64.1 Å². The van der Waals surface area contributed by atoms with E-state index in [1.54, 1.807) is 7.11 Å². The van der Waals surface area contributed by atoms with Crippen molar-refractivity contribution in [1.82, 2.24) is 0 Å². The Kier molecular flexibility index (Phi) is 8.72. The molecule has 2 N–H and O–H groups in total. The molecule has 8 saturated carbocycles. The van der Waals surface area contributed by atoms with Gasteiger partial charge in [-0.05, 0) is 154 Å². The van der Waals surface area contributed by atoms with Crippen LogP contribution in [0.1, 0.15) is 110 Å². The smallest absolute Gasteiger partial charge is 0.307 e. The largest absolute Gasteiger partial charge is 0.438 e. The van der Waals surface area contributed by atoms with Crippen LogP contribution in [0.15, 0.2) is 0 Å². The van der Waals surface area contributed by atoms with Gasteiger partial charge in [-0.2, -0.15) is 0 Å². The highest BCUT2D eigenvalue weighted by Crippen LogP contribution is 2.68. The summed E-state index contributed by atoms with van der Waals surface area (Å²) < 4.78 is 22.9. The van der Waals surface area contributed by atoms with Gasteiger partial charge in [0.05, 0.1) is 24.4 Å². The van der Waals surface area contributed by atoms with Crippen molar-refractivity contribution in [1.29, 1.82) is 0 Å². The van der Waals surface area contributed by atoms with Gasteiger partial charge in [0.25, 0.3) is 0 Å². The minimum atomic E-state index is -0.363. The highest BCUT2D eigenvalue weighted by Gasteiger charge is 2.65. The van der Waals surface area contributed by atoms with Gasteiger partial charge in [0.15, 0.2) is 6.79 Å². The Morgan fingerprint density at radius 1 is 0.837 bits per heavy atom. The fraction of sp³-hybridized carbons (Fsp3) is 0.972. The molecule has 244 valence electrons. The number of hydrogen-bond acceptors (Lipinski definition) is 7. The number of rotatable bonds is 10. The second-order valence-corrected chi connectivity index (χ2v) is 16.7. The monoisotopic (exact) mass is 602 g/mol. The zero-order chi connectivity index (χ0) is 29.9. The van der Waals surface area contributed by atoms with Crippen LogP contribution < -0.4 is 0 Å². The molecule has 8 fully saturated rings. The molecule has 8 aliphatic carbocycles. The molecule has 7 heteroatoms. The maximum absolute atomic E-state index is 12.7. The number of esters is 1. The lowest BCUT2D eigenvalue weighted by Crippen LogP contribution is -2.62. The summed E-state index contributed by atoms with van der Waals surface area (Å²) in [5, 5.41) is 23.4. The first-order valence-electron chi connectivity index (χ1n) is 17.9. The Bertz CT molecular complexity index is 974. The molecule has 0 radical (unpaired) electrons. The van der Waals surface area contributed by atoms with E-state index in [2.05, 4.69) is 13.8 Å². The Morgan fingerprint density at radius 2 is 1.58 bits per heavy atom. The van der Waals surface area contributed by atoms with Gasteiger partial charge in [-0.1, -0.05) is 13.8 Å². The van der Waals surface area contributed by atoms with Gasteiger partial charge < -0.3 is 29.2 Å². The number of aliphatic hydroxyl groups is 2. The molecule has 0 saturated heterocycles. The summed E-state index contributed by atoms with van der Waals surface area (Å²) in [5.41, 5.74) is -0.0592. The lowest BCUT2D eigenvalue weighted by atomic mass is 9.43. The summed E-state index contributed by atoms with van der Waals surface area (Å²) in [5.74, 6) is 4.76. The van der Waals surface area contributed by atoms with Crippen LogP contribution in [0, 0.1) is 64.1 Å². The first-order chi connectivity index (χ1) is 20.7. The van der Waals surface area contributed by atoms with Crippen LogP contribution in [0.4, 0.5) is 0 Å². The molecule has 4 bridgehead atoms. The van der Waals surface area contributed by atoms with Crippen molar-refractivity contribution in [3.8, 4) is 0 Å². The van der Waals surface area contributed by atoms with Gasteiger partial charge in [0.1, 0.15) is 6.79 Å². The number of methoxy groups -OCH3 is 1. The zero-order valence-corrected chi connectivity index (χ0v) is 27.0. The number of carbonyl (C=O) groups excluding carboxylic acids is 1. The average molecular weight is 603 g/mol. The summed E-state index contributed by atoms with van der Waals surface area (Å²) in [7, 11) is 1.67. The molecule has 8 aliphatic rings. The van der Waals surface area contributed by atoms with Gasteiger partial charge in [-0.3, -0.25) is 4.79 Å². The van der Waals surface area contributed by atoms with Gasteiger partial charge >= 0.3 is 5.97 Å². The topological polar surface area (TPSA) is 94.5 Å². The second kappa shape index (κ2) is 12.1. The summed E-state index contributed by atoms with van der Waals surface area (Å²) in [6, 6.07) is 0. The van der Waals surface area contributed by atoms with Crippen LogP contribution in [-0.2, 0) is 23.7 Å². The predicted molar refractivity (Wildman–Crippen MR) is 161 cm³/mol. The molecule has 43 heavy (non-hydrogen) atoms. The fourth-order valence-electron chi connectivity index (χ4n) is 13.0. The molecular weight excluding hydrogens is 544 g/mol. The molecule has 7 nitrogen and oxygen atoms in total. The van der Waals surface area contributed by atoms with Gasteiger partial charge in [-0.15, -0.1) is 0 Å². The Hall–Kier alpha value is -0.730. The van der Waals surface area contributed by atoms with Crippen molar-refractivity contribution in [2.75, 3.05) is 20.7 Å². The van der Waals surface area contributed by atoms with Crippen molar-refractivity contribution in [3.63, 3.8) is 0 Å². The van der Waals surface area contributed by atoms with Crippen LogP contribution in [0.25, 0.3) is 0 Å². The van der Waals surface area contributed by atoms with Crippen LogP contribution in [-0.4, -0.2) is 61.3 Å². The molecule has 0 aromatic heterocycles. The number of fused-ring (bicyclic) bond motifs is 5. The van der Waals surface area contributed by atoms with E-state index in [1.807, 2.05) is 0 Å². The normalized spacial score (nSPS) is 51.5. The minimum absolute atomic E-state index is 0.105. The molecule has 8 rings (SSSR count). The minimum Gasteiger partial charge on any atom is -0.438 e. The summed E-state index contributed by atoms with van der Waals surface area (Å²) >= 11 is 0. The third-order valence-corrected chi connectivity index (χ3v) is 14.9. The Balaban J connectivity index is 0.906. The van der Waals surface area contributed by atoms with Crippen molar-refractivity contribution >= 4 is 5.97 Å². The first kappa shape index (κ1) is 30.9. The van der Waals surface area contributed by atoms with Crippen molar-refractivity contribution in [2.45, 2.75) is 135 Å². The van der Waals surface area contributed by atoms with E-state index in [-0.39, 0.29) is 47.8 Å². The van der Waals surface area contributed by atoms with E-state index in [4.69, 9.17) is 18.9 Å². The zero-order valence-electron chi connectivity index (χ0n) is 27.0. The third kappa shape index (κ3) is 5.43. The average Bonchev–Trinajstić information content (AvgIpc) is 3.31. The SMILES string of the molecule is COCO[C@@H]1CC[C@@]2(C)C(C1)C[C@@H](O)C1C2C[C@H](O)[C@]2(C)C(CCCC(=O)OCOC3C4CC5CC(C4)CC3C5)CCC12. The van der Waals surface area contributed by atoms with Crippen LogP contribution in [0.5, 0.6) is 0 Å². The van der Waals surface area contributed by atoms with Crippen molar-refractivity contribution in [3.05, 3.63) is 0 Å². The van der Waals surface area contributed by atoms with Crippen LogP contribution in [0.3, 0.4) is 0 Å². The lowest BCUT2D eigenvalue weighted by Gasteiger charge is -2.63. The molecular formula is C36H58O7. The standard InChI is InChI=1S/C36H58O7/c1-35-10-9-27(41-19-40-3)16-26(35)17-30(37)33-28-8-7-25(36(28,2)31(38)18-29(33)35)5-4-6-32(39)42-20-43-34-23-12-21-11-22(14-23)15-24(34)13-21/h21-31,33-34,37-38H,4-20H2,1-3H3/t21?,22?,23?,24?,25?,26?,27-,28?,29?,30-,31+,33?,34?,35+,36-/m1/s1. The number of hydrogen-bond donors (Lipinski definition) is 2. The Morgan fingerprint density at radius 3 is 2.30 bits per heavy atom. The maximum Gasteiger partial charge on any atom is 0.307 e. The van der Waals surface area contributed by atoms with E-state index in [0.29, 0.717) is 54.8 Å². The molecule has 5 unspecified atom stereocenters. The number of carbonyl (C=O) groups is 1. The summed E-state index contributed by atoms with van der Waals surface area (Å²) in [4.78, 5) is 12.7. The van der Waals surface area contributed by atoms with E-state index in [9.17, 15) is 15.0 Å². The van der Waals surface area contributed by atoms with Crippen LogP contribution >= 0.6 is 0 Å². The first-order valence-corrected chi connectivity index (χ1v) is 17.9. The fourth-order valence-corrected chi connectivity index (χ4v) is 13.0. The third-order valence-electron chi connectivity index (χ3n) is 14.9. The van der Waals surface area contributed by atoms with Gasteiger partial charge in [0, 0.05) is 13.5 Å². The molecule has 0 aromatic carbocycles. The molecule has 0 heterocycles. The van der Waals surface area contributed by atoms with Crippen molar-refractivity contribution < 1.29 is 34.0 Å². The predicted octanol–water partition coefficient (Wildman–Crippen LogP) is 6.09. The summed E-state index contributed by atoms with van der Waals surface area (Å²) in [6.45, 7) is 5.17. The Labute approximate surface area is 259 Å². The number of aliphatic hydroxyl groups excluding tert-OH is 2. The molecule has 0 amide bonds. The maximum atomic E-state index is 12.7. The summed E-state index contributed by atoms with van der Waals surface area (Å²) in [6.07, 6.45) is 15.5. The molecule has 0 aliphatic heterocycles.